The maximum Gasteiger partial charge on any atom is 0.312 e. The number of rotatable bonds is 10. The van der Waals surface area contributed by atoms with Crippen molar-refractivity contribution in [3.8, 4) is 0 Å². The number of carbonyl (C=O) groups excluding carboxylic acids is 3. The van der Waals surface area contributed by atoms with Crippen molar-refractivity contribution >= 4 is 17.8 Å². The normalized spacial score (nSPS) is 34.4. The summed E-state index contributed by atoms with van der Waals surface area (Å²) in [6.45, 7) is 9.50. The number of hydrogen-bond donors (Lipinski definition) is 2. The fraction of sp³-hybridized carbons (Fsp3) is 0.679. The largest absolute Gasteiger partial charge is 0.466 e. The van der Waals surface area contributed by atoms with Crippen LogP contribution >= 0.6 is 0 Å². The molecule has 36 heavy (non-hydrogen) atoms. The molecule has 0 saturated carbocycles. The lowest BCUT2D eigenvalue weighted by atomic mass is 9.62. The number of amides is 2. The SMILES string of the molecule is CCCC(C)NC(=O)C1N([C@@H](CO)Cc2ccccc2)C(=O)[C@@H]2[C@@H](C(=O)OCC)[C@]3(C)OC12CC3C. The molecule has 4 unspecified atom stereocenters. The molecule has 3 aliphatic heterocycles. The minimum atomic E-state index is -1.15. The first-order valence-electron chi connectivity index (χ1n) is 13.3. The van der Waals surface area contributed by atoms with Crippen LogP contribution in [-0.4, -0.2) is 70.3 Å². The molecular weight excluding hydrogens is 460 g/mol. The van der Waals surface area contributed by atoms with Gasteiger partial charge in [0.2, 0.25) is 11.8 Å². The summed E-state index contributed by atoms with van der Waals surface area (Å²) in [6.07, 6.45) is 2.58. The van der Waals surface area contributed by atoms with Gasteiger partial charge in [-0.2, -0.15) is 0 Å². The van der Waals surface area contributed by atoms with Gasteiger partial charge in [-0.05, 0) is 51.5 Å². The third-order valence-electron chi connectivity index (χ3n) is 8.57. The number of benzene rings is 1. The van der Waals surface area contributed by atoms with Gasteiger partial charge in [0, 0.05) is 6.04 Å². The fourth-order valence-corrected chi connectivity index (χ4v) is 6.92. The lowest BCUT2D eigenvalue weighted by Gasteiger charge is -2.37. The molecular formula is C28H40N2O6. The topological polar surface area (TPSA) is 105 Å². The van der Waals surface area contributed by atoms with E-state index in [9.17, 15) is 19.5 Å². The Morgan fingerprint density at radius 3 is 2.58 bits per heavy atom. The highest BCUT2D eigenvalue weighted by Crippen LogP contribution is 2.65. The summed E-state index contributed by atoms with van der Waals surface area (Å²) < 4.78 is 12.1. The van der Waals surface area contributed by atoms with Gasteiger partial charge < -0.3 is 24.8 Å². The van der Waals surface area contributed by atoms with E-state index < -0.39 is 41.1 Å². The summed E-state index contributed by atoms with van der Waals surface area (Å²) in [5, 5.41) is 13.6. The Kier molecular flexibility index (Phi) is 7.49. The molecule has 3 fully saturated rings. The zero-order valence-corrected chi connectivity index (χ0v) is 22.0. The minimum absolute atomic E-state index is 0.0547. The average Bonchev–Trinajstić information content (AvgIpc) is 3.35. The Morgan fingerprint density at radius 2 is 1.97 bits per heavy atom. The molecule has 8 heteroatoms. The number of hydrogen-bond acceptors (Lipinski definition) is 6. The number of nitrogens with zero attached hydrogens (tertiary/aromatic N) is 1. The van der Waals surface area contributed by atoms with Gasteiger partial charge >= 0.3 is 5.97 Å². The molecule has 3 aliphatic rings. The first-order valence-corrected chi connectivity index (χ1v) is 13.3. The highest BCUT2D eigenvalue weighted by atomic mass is 16.6. The fourth-order valence-electron chi connectivity index (χ4n) is 6.92. The zero-order valence-electron chi connectivity index (χ0n) is 22.0. The van der Waals surface area contributed by atoms with Gasteiger partial charge in [-0.3, -0.25) is 14.4 Å². The molecule has 1 aromatic carbocycles. The standard InChI is InChI=1S/C28H40N2O6/c1-6-11-18(4)29-24(32)23-28-15-17(3)27(5,36-28)22(26(34)35-7-2)21(28)25(33)30(23)20(16-31)14-19-12-9-8-10-13-19/h8-10,12-13,17-18,20-23,31H,6-7,11,14-16H2,1-5H3,(H,29,32)/t17?,18?,20-,21+,22+,23?,27-,28?/m1/s1. The zero-order chi connectivity index (χ0) is 26.3. The Labute approximate surface area is 213 Å². The van der Waals surface area contributed by atoms with Crippen molar-refractivity contribution in [3.63, 3.8) is 0 Å². The molecule has 0 aromatic heterocycles. The van der Waals surface area contributed by atoms with Crippen LogP contribution in [-0.2, 0) is 30.3 Å². The number of esters is 1. The van der Waals surface area contributed by atoms with E-state index in [-0.39, 0.29) is 37.0 Å². The summed E-state index contributed by atoms with van der Waals surface area (Å²) in [5.41, 5.74) is -1.10. The molecule has 0 aliphatic carbocycles. The van der Waals surface area contributed by atoms with Gasteiger partial charge in [0.15, 0.2) is 0 Å². The number of aliphatic hydroxyl groups excluding tert-OH is 1. The van der Waals surface area contributed by atoms with Gasteiger partial charge in [-0.15, -0.1) is 0 Å². The second-order valence-electron chi connectivity index (χ2n) is 10.9. The van der Waals surface area contributed by atoms with E-state index in [2.05, 4.69) is 12.2 Å². The van der Waals surface area contributed by atoms with Crippen molar-refractivity contribution in [2.45, 2.75) is 89.6 Å². The summed E-state index contributed by atoms with van der Waals surface area (Å²) >= 11 is 0. The number of likely N-dealkylation sites (tertiary alicyclic amines) is 1. The summed E-state index contributed by atoms with van der Waals surface area (Å²) in [4.78, 5) is 42.9. The lowest BCUT2D eigenvalue weighted by molar-refractivity contribution is -0.162. The lowest BCUT2D eigenvalue weighted by Crippen LogP contribution is -2.59. The van der Waals surface area contributed by atoms with Crippen LogP contribution in [0, 0.1) is 17.8 Å². The van der Waals surface area contributed by atoms with E-state index in [1.807, 2.05) is 51.1 Å². The average molecular weight is 501 g/mol. The molecule has 1 spiro atoms. The number of carbonyl (C=O) groups is 3. The highest BCUT2D eigenvalue weighted by Gasteiger charge is 2.80. The molecule has 8 atom stereocenters. The molecule has 198 valence electrons. The van der Waals surface area contributed by atoms with Crippen molar-refractivity contribution in [1.29, 1.82) is 0 Å². The summed E-state index contributed by atoms with van der Waals surface area (Å²) in [6, 6.07) is 7.94. The number of fused-ring (bicyclic) bond motifs is 1. The first-order chi connectivity index (χ1) is 17.1. The van der Waals surface area contributed by atoms with Gasteiger partial charge in [0.25, 0.3) is 0 Å². The maximum absolute atomic E-state index is 14.2. The van der Waals surface area contributed by atoms with Crippen LogP contribution in [0.3, 0.4) is 0 Å². The van der Waals surface area contributed by atoms with Crippen LogP contribution in [0.25, 0.3) is 0 Å². The third-order valence-corrected chi connectivity index (χ3v) is 8.57. The minimum Gasteiger partial charge on any atom is -0.466 e. The van der Waals surface area contributed by atoms with E-state index in [4.69, 9.17) is 9.47 Å². The Hall–Kier alpha value is -2.45. The van der Waals surface area contributed by atoms with E-state index in [1.165, 1.54) is 4.90 Å². The van der Waals surface area contributed by atoms with Crippen molar-refractivity contribution in [2.24, 2.45) is 17.8 Å². The number of nitrogens with one attached hydrogen (secondary N) is 1. The second-order valence-corrected chi connectivity index (χ2v) is 10.9. The predicted octanol–water partition coefficient (Wildman–Crippen LogP) is 2.47. The third kappa shape index (κ3) is 4.12. The molecule has 4 rings (SSSR count). The van der Waals surface area contributed by atoms with Gasteiger partial charge in [-0.1, -0.05) is 50.6 Å². The van der Waals surface area contributed by atoms with Gasteiger partial charge in [-0.25, -0.2) is 0 Å². The van der Waals surface area contributed by atoms with Crippen molar-refractivity contribution in [1.82, 2.24) is 10.2 Å². The van der Waals surface area contributed by atoms with Crippen LogP contribution in [0.4, 0.5) is 0 Å². The Bertz CT molecular complexity index is 986. The van der Waals surface area contributed by atoms with E-state index in [0.29, 0.717) is 12.8 Å². The van der Waals surface area contributed by atoms with Crippen LogP contribution in [0.2, 0.25) is 0 Å². The molecule has 2 N–H and O–H groups in total. The van der Waals surface area contributed by atoms with E-state index in [1.54, 1.807) is 6.92 Å². The summed E-state index contributed by atoms with van der Waals surface area (Å²) in [7, 11) is 0. The molecule has 3 saturated heterocycles. The maximum atomic E-state index is 14.2. The number of ether oxygens (including phenoxy) is 2. The van der Waals surface area contributed by atoms with Crippen molar-refractivity contribution in [3.05, 3.63) is 35.9 Å². The van der Waals surface area contributed by atoms with Crippen LogP contribution in [0.5, 0.6) is 0 Å². The Balaban J connectivity index is 1.78. The van der Waals surface area contributed by atoms with Crippen LogP contribution < -0.4 is 5.32 Å². The monoisotopic (exact) mass is 500 g/mol. The number of aliphatic hydroxyl groups is 1. The quantitative estimate of drug-likeness (QED) is 0.478. The molecule has 2 bridgehead atoms. The molecule has 8 nitrogen and oxygen atoms in total. The molecule has 1 aromatic rings. The van der Waals surface area contributed by atoms with Crippen molar-refractivity contribution < 1.29 is 29.0 Å². The predicted molar refractivity (Wildman–Crippen MR) is 134 cm³/mol. The summed E-state index contributed by atoms with van der Waals surface area (Å²) in [5.74, 6) is -2.77. The van der Waals surface area contributed by atoms with Crippen molar-refractivity contribution in [2.75, 3.05) is 13.2 Å². The van der Waals surface area contributed by atoms with Gasteiger partial charge in [0.05, 0.1) is 30.8 Å². The molecule has 0 radical (unpaired) electrons. The highest BCUT2D eigenvalue weighted by molar-refractivity contribution is 5.98. The Morgan fingerprint density at radius 1 is 1.28 bits per heavy atom. The van der Waals surface area contributed by atoms with Gasteiger partial charge in [0.1, 0.15) is 17.6 Å². The van der Waals surface area contributed by atoms with Crippen LogP contribution in [0.1, 0.15) is 59.4 Å². The van der Waals surface area contributed by atoms with E-state index >= 15 is 0 Å². The van der Waals surface area contributed by atoms with E-state index in [0.717, 1.165) is 18.4 Å². The first kappa shape index (κ1) is 26.6. The molecule has 2 amide bonds. The molecule has 3 heterocycles. The second kappa shape index (κ2) is 10.1. The van der Waals surface area contributed by atoms with Crippen LogP contribution in [0.15, 0.2) is 30.3 Å². The smallest absolute Gasteiger partial charge is 0.312 e.